The summed E-state index contributed by atoms with van der Waals surface area (Å²) in [6.45, 7) is 5.55. The molecule has 0 saturated carbocycles. The molecule has 0 aliphatic rings. The predicted molar refractivity (Wildman–Crippen MR) is 127 cm³/mol. The van der Waals surface area contributed by atoms with Gasteiger partial charge in [0, 0.05) is 11.4 Å². The molecule has 3 rings (SSSR count). The number of carbonyl (C=O) groups is 2. The maximum atomic E-state index is 12.4. The average molecular weight is 453 g/mol. The zero-order valence-corrected chi connectivity index (χ0v) is 18.9. The minimum atomic E-state index is -0.739. The van der Waals surface area contributed by atoms with Gasteiger partial charge in [0.2, 0.25) is 0 Å². The second-order valence-electron chi connectivity index (χ2n) is 7.34. The number of para-hydroxylation sites is 1. The number of rotatable bonds is 8. The number of halogens is 1. The van der Waals surface area contributed by atoms with E-state index in [-0.39, 0.29) is 18.4 Å². The summed E-state index contributed by atoms with van der Waals surface area (Å²) in [5.41, 5.74) is 3.44. The lowest BCUT2D eigenvalue weighted by molar-refractivity contribution is -0.122. The third-order valence-electron chi connectivity index (χ3n) is 4.79. The number of aryl methyl sites for hydroxylation is 2. The highest BCUT2D eigenvalue weighted by Gasteiger charge is 2.16. The van der Waals surface area contributed by atoms with Gasteiger partial charge in [0.15, 0.2) is 12.7 Å². The average Bonchev–Trinajstić information content (AvgIpc) is 2.77. The van der Waals surface area contributed by atoms with Gasteiger partial charge in [-0.05, 0) is 80.4 Å². The van der Waals surface area contributed by atoms with Crippen molar-refractivity contribution in [1.29, 1.82) is 0 Å². The topological polar surface area (TPSA) is 76.7 Å². The number of hydrogen-bond donors (Lipinski definition) is 2. The van der Waals surface area contributed by atoms with E-state index in [0.717, 1.165) is 5.56 Å². The lowest BCUT2D eigenvalue weighted by Crippen LogP contribution is -2.30. The van der Waals surface area contributed by atoms with Crippen LogP contribution in [0.2, 0.25) is 5.02 Å². The Morgan fingerprint density at radius 3 is 2.22 bits per heavy atom. The third kappa shape index (κ3) is 6.49. The van der Waals surface area contributed by atoms with Gasteiger partial charge in [0.05, 0.1) is 5.02 Å². The van der Waals surface area contributed by atoms with Gasteiger partial charge >= 0.3 is 0 Å². The van der Waals surface area contributed by atoms with Crippen LogP contribution in [-0.2, 0) is 9.59 Å². The van der Waals surface area contributed by atoms with Gasteiger partial charge in [-0.1, -0.05) is 29.8 Å². The minimum absolute atomic E-state index is 0.0993. The van der Waals surface area contributed by atoms with Crippen molar-refractivity contribution in [2.24, 2.45) is 0 Å². The van der Waals surface area contributed by atoms with Crippen LogP contribution in [0.1, 0.15) is 18.1 Å². The molecule has 1 atom stereocenters. The van der Waals surface area contributed by atoms with Crippen molar-refractivity contribution in [2.45, 2.75) is 26.9 Å². The zero-order chi connectivity index (χ0) is 23.1. The van der Waals surface area contributed by atoms with Crippen molar-refractivity contribution in [3.8, 4) is 11.5 Å². The summed E-state index contributed by atoms with van der Waals surface area (Å²) >= 11 is 6.06. The largest absolute Gasteiger partial charge is 0.484 e. The molecule has 0 spiro atoms. The molecule has 1 unspecified atom stereocenters. The molecule has 0 fully saturated rings. The smallest absolute Gasteiger partial charge is 0.265 e. The van der Waals surface area contributed by atoms with E-state index in [2.05, 4.69) is 10.6 Å². The molecule has 166 valence electrons. The summed E-state index contributed by atoms with van der Waals surface area (Å²) < 4.78 is 11.2. The molecule has 0 heterocycles. The number of nitrogens with one attached hydrogen (secondary N) is 2. The molecule has 32 heavy (non-hydrogen) atoms. The summed E-state index contributed by atoms with van der Waals surface area (Å²) in [6, 6.07) is 19.4. The summed E-state index contributed by atoms with van der Waals surface area (Å²) in [7, 11) is 0. The summed E-state index contributed by atoms with van der Waals surface area (Å²) in [4.78, 5) is 24.5. The van der Waals surface area contributed by atoms with Crippen LogP contribution in [0.4, 0.5) is 11.4 Å². The van der Waals surface area contributed by atoms with Crippen LogP contribution >= 0.6 is 11.6 Å². The summed E-state index contributed by atoms with van der Waals surface area (Å²) in [5, 5.41) is 5.98. The first-order chi connectivity index (χ1) is 15.3. The molecule has 0 bridgehead atoms. The Morgan fingerprint density at radius 1 is 0.906 bits per heavy atom. The van der Waals surface area contributed by atoms with Gasteiger partial charge in [-0.15, -0.1) is 0 Å². The minimum Gasteiger partial charge on any atom is -0.484 e. The number of ether oxygens (including phenoxy) is 2. The standard InChI is InChI=1S/C25H25ClN2O4/c1-16-8-13-21(14-17(16)2)31-15-24(29)27-19-9-11-20(12-10-19)28-25(30)18(3)32-23-7-5-4-6-22(23)26/h4-14,18H,15H2,1-3H3,(H,27,29)(H,28,30). The van der Waals surface area contributed by atoms with E-state index >= 15 is 0 Å². The fourth-order valence-electron chi connectivity index (χ4n) is 2.81. The van der Waals surface area contributed by atoms with E-state index in [4.69, 9.17) is 21.1 Å². The monoisotopic (exact) mass is 452 g/mol. The molecule has 3 aromatic carbocycles. The number of carbonyl (C=O) groups excluding carboxylic acids is 2. The number of anilines is 2. The second-order valence-corrected chi connectivity index (χ2v) is 7.75. The second kappa shape index (κ2) is 10.7. The Hall–Kier alpha value is -3.51. The highest BCUT2D eigenvalue weighted by molar-refractivity contribution is 6.32. The molecule has 6 nitrogen and oxygen atoms in total. The van der Waals surface area contributed by atoms with Crippen LogP contribution in [0.3, 0.4) is 0 Å². The SMILES string of the molecule is Cc1ccc(OCC(=O)Nc2ccc(NC(=O)C(C)Oc3ccccc3Cl)cc2)cc1C. The van der Waals surface area contributed by atoms with Crippen molar-refractivity contribution in [3.63, 3.8) is 0 Å². The van der Waals surface area contributed by atoms with E-state index in [1.807, 2.05) is 32.0 Å². The first-order valence-corrected chi connectivity index (χ1v) is 10.5. The Kier molecular flexibility index (Phi) is 7.73. The fourth-order valence-corrected chi connectivity index (χ4v) is 2.99. The van der Waals surface area contributed by atoms with E-state index in [1.54, 1.807) is 55.5 Å². The maximum Gasteiger partial charge on any atom is 0.265 e. The van der Waals surface area contributed by atoms with Gasteiger partial charge in [-0.3, -0.25) is 9.59 Å². The molecule has 0 radical (unpaired) electrons. The Bertz CT molecular complexity index is 1100. The number of benzene rings is 3. The molecule has 2 N–H and O–H groups in total. The van der Waals surface area contributed by atoms with E-state index in [1.165, 1.54) is 5.56 Å². The first-order valence-electron chi connectivity index (χ1n) is 10.1. The molecule has 0 aliphatic carbocycles. The van der Waals surface area contributed by atoms with Crippen molar-refractivity contribution < 1.29 is 19.1 Å². The maximum absolute atomic E-state index is 12.4. The van der Waals surface area contributed by atoms with Gasteiger partial charge in [0.1, 0.15) is 11.5 Å². The Balaban J connectivity index is 1.48. The van der Waals surface area contributed by atoms with E-state index < -0.39 is 6.10 Å². The van der Waals surface area contributed by atoms with Crippen molar-refractivity contribution in [2.75, 3.05) is 17.2 Å². The molecule has 3 aromatic rings. The van der Waals surface area contributed by atoms with E-state index in [0.29, 0.717) is 27.9 Å². The molecular formula is C25H25ClN2O4. The van der Waals surface area contributed by atoms with Gasteiger partial charge in [-0.2, -0.15) is 0 Å². The molecule has 0 aromatic heterocycles. The number of amides is 2. The highest BCUT2D eigenvalue weighted by Crippen LogP contribution is 2.24. The lowest BCUT2D eigenvalue weighted by Gasteiger charge is -2.16. The molecule has 0 saturated heterocycles. The lowest BCUT2D eigenvalue weighted by atomic mass is 10.1. The Morgan fingerprint density at radius 2 is 1.56 bits per heavy atom. The highest BCUT2D eigenvalue weighted by atomic mass is 35.5. The van der Waals surface area contributed by atoms with Crippen molar-refractivity contribution in [1.82, 2.24) is 0 Å². The van der Waals surface area contributed by atoms with Crippen LogP contribution in [0.5, 0.6) is 11.5 Å². The van der Waals surface area contributed by atoms with Crippen LogP contribution < -0.4 is 20.1 Å². The normalized spacial score (nSPS) is 11.4. The molecule has 2 amide bonds. The van der Waals surface area contributed by atoms with Crippen LogP contribution in [0, 0.1) is 13.8 Å². The van der Waals surface area contributed by atoms with Crippen LogP contribution in [-0.4, -0.2) is 24.5 Å². The molecular weight excluding hydrogens is 428 g/mol. The van der Waals surface area contributed by atoms with Gasteiger partial charge in [0.25, 0.3) is 11.8 Å². The van der Waals surface area contributed by atoms with Gasteiger partial charge in [-0.25, -0.2) is 0 Å². The van der Waals surface area contributed by atoms with Crippen LogP contribution in [0.15, 0.2) is 66.7 Å². The van der Waals surface area contributed by atoms with Gasteiger partial charge < -0.3 is 20.1 Å². The fraction of sp³-hybridized carbons (Fsp3) is 0.200. The van der Waals surface area contributed by atoms with Crippen LogP contribution in [0.25, 0.3) is 0 Å². The van der Waals surface area contributed by atoms with Crippen molar-refractivity contribution >= 4 is 34.8 Å². The number of hydrogen-bond acceptors (Lipinski definition) is 4. The quantitative estimate of drug-likeness (QED) is 0.481. The Labute approximate surface area is 192 Å². The summed E-state index contributed by atoms with van der Waals surface area (Å²) in [6.07, 6.45) is -0.739. The third-order valence-corrected chi connectivity index (χ3v) is 5.11. The first kappa shape index (κ1) is 23.2. The van der Waals surface area contributed by atoms with E-state index in [9.17, 15) is 9.59 Å². The van der Waals surface area contributed by atoms with Crippen molar-refractivity contribution in [3.05, 3.63) is 82.9 Å². The predicted octanol–water partition coefficient (Wildman–Crippen LogP) is 5.38. The summed E-state index contributed by atoms with van der Waals surface area (Å²) in [5.74, 6) is 0.498. The zero-order valence-electron chi connectivity index (χ0n) is 18.1. The molecule has 0 aliphatic heterocycles. The molecule has 7 heteroatoms.